The number of anilines is 1. The monoisotopic (exact) mass is 431 g/mol. The number of carbonyl (C=O) groups is 1. The minimum Gasteiger partial charge on any atom is -0.383 e. The molecule has 0 unspecified atom stereocenters. The molecule has 2 aromatic heterocycles. The van der Waals surface area contributed by atoms with E-state index in [0.717, 1.165) is 5.39 Å². The van der Waals surface area contributed by atoms with Gasteiger partial charge >= 0.3 is 0 Å². The topological polar surface area (TPSA) is 137 Å². The number of non-ortho nitro benzene ring substituents is 1. The zero-order valence-corrected chi connectivity index (χ0v) is 17.3. The Kier molecular flexibility index (Phi) is 7.14. The van der Waals surface area contributed by atoms with Crippen molar-refractivity contribution in [2.75, 3.05) is 38.4 Å². The number of carbonyl (C=O) groups excluding carboxylic acids is 1. The standard InChI is InChI=1S/C18H21N7O4S/c1-29-9-7-19-15-14-11-21-24(16(14)23-18(22-15)30-2)8-6-20-17(26)12-4-3-5-13(10-12)25(27)28/h3-5,10-11H,6-9H2,1-2H3,(H,20,26)(H,19,22,23). The molecule has 0 aliphatic rings. The van der Waals surface area contributed by atoms with Crippen molar-refractivity contribution in [2.24, 2.45) is 0 Å². The second-order valence-electron chi connectivity index (χ2n) is 6.15. The maximum absolute atomic E-state index is 12.3. The van der Waals surface area contributed by atoms with Crippen molar-refractivity contribution in [3.8, 4) is 0 Å². The Bertz CT molecular complexity index is 1060. The summed E-state index contributed by atoms with van der Waals surface area (Å²) in [6, 6.07) is 5.59. The summed E-state index contributed by atoms with van der Waals surface area (Å²) in [6.45, 7) is 1.80. The Morgan fingerprint density at radius 1 is 1.33 bits per heavy atom. The number of hydrogen-bond acceptors (Lipinski definition) is 9. The Labute approximate surface area is 176 Å². The lowest BCUT2D eigenvalue weighted by Gasteiger charge is -2.09. The molecular weight excluding hydrogens is 410 g/mol. The van der Waals surface area contributed by atoms with Gasteiger partial charge in [-0.25, -0.2) is 14.6 Å². The molecule has 0 spiro atoms. The summed E-state index contributed by atoms with van der Waals surface area (Å²) < 4.78 is 6.75. The fraction of sp³-hybridized carbons (Fsp3) is 0.333. The van der Waals surface area contributed by atoms with Crippen molar-refractivity contribution < 1.29 is 14.5 Å². The van der Waals surface area contributed by atoms with Gasteiger partial charge in [-0.05, 0) is 12.3 Å². The highest BCUT2D eigenvalue weighted by molar-refractivity contribution is 7.98. The van der Waals surface area contributed by atoms with Crippen LogP contribution in [0, 0.1) is 10.1 Å². The molecule has 1 aromatic carbocycles. The number of benzene rings is 1. The van der Waals surface area contributed by atoms with Gasteiger partial charge < -0.3 is 15.4 Å². The van der Waals surface area contributed by atoms with Crippen LogP contribution in [0.1, 0.15) is 10.4 Å². The number of nitro groups is 1. The number of amides is 1. The summed E-state index contributed by atoms with van der Waals surface area (Å²) in [7, 11) is 1.63. The van der Waals surface area contributed by atoms with Gasteiger partial charge in [0.15, 0.2) is 10.8 Å². The molecule has 12 heteroatoms. The van der Waals surface area contributed by atoms with E-state index in [1.54, 1.807) is 18.0 Å². The molecule has 11 nitrogen and oxygen atoms in total. The van der Waals surface area contributed by atoms with Gasteiger partial charge in [0.1, 0.15) is 5.82 Å². The first kappa shape index (κ1) is 21.5. The van der Waals surface area contributed by atoms with Crippen LogP contribution in [0.25, 0.3) is 11.0 Å². The predicted octanol–water partition coefficient (Wildman–Crippen LogP) is 1.94. The van der Waals surface area contributed by atoms with Crippen LogP contribution in [0.3, 0.4) is 0 Å². The molecule has 0 aliphatic carbocycles. The lowest BCUT2D eigenvalue weighted by molar-refractivity contribution is -0.384. The highest BCUT2D eigenvalue weighted by atomic mass is 32.2. The molecule has 2 N–H and O–H groups in total. The normalized spacial score (nSPS) is 10.9. The van der Waals surface area contributed by atoms with Crippen LogP contribution in [0.4, 0.5) is 11.5 Å². The molecule has 3 aromatic rings. The van der Waals surface area contributed by atoms with Crippen LogP contribution in [0.15, 0.2) is 35.6 Å². The molecule has 0 saturated carbocycles. The van der Waals surface area contributed by atoms with Gasteiger partial charge in [-0.1, -0.05) is 17.8 Å². The summed E-state index contributed by atoms with van der Waals surface area (Å²) in [5.41, 5.74) is 0.750. The van der Waals surface area contributed by atoms with E-state index in [1.807, 2.05) is 6.26 Å². The van der Waals surface area contributed by atoms with Crippen molar-refractivity contribution in [2.45, 2.75) is 11.7 Å². The number of nitrogens with zero attached hydrogens (tertiary/aromatic N) is 5. The average Bonchev–Trinajstić information content (AvgIpc) is 3.16. The summed E-state index contributed by atoms with van der Waals surface area (Å²) in [5, 5.41) is 22.6. The highest BCUT2D eigenvalue weighted by Gasteiger charge is 2.14. The van der Waals surface area contributed by atoms with Crippen molar-refractivity contribution >= 4 is 40.2 Å². The number of fused-ring (bicyclic) bond motifs is 1. The van der Waals surface area contributed by atoms with E-state index in [4.69, 9.17) is 4.74 Å². The number of methoxy groups -OCH3 is 1. The molecule has 1 amide bonds. The second kappa shape index (κ2) is 9.98. The summed E-state index contributed by atoms with van der Waals surface area (Å²) in [5.74, 6) is 0.282. The van der Waals surface area contributed by atoms with Gasteiger partial charge in [0.05, 0.1) is 29.7 Å². The molecule has 158 valence electrons. The third kappa shape index (κ3) is 5.02. The fourth-order valence-corrected chi connectivity index (χ4v) is 3.09. The minimum atomic E-state index is -0.534. The van der Waals surface area contributed by atoms with Crippen LogP contribution >= 0.6 is 11.8 Å². The number of aromatic nitrogens is 4. The van der Waals surface area contributed by atoms with Crippen molar-refractivity contribution in [1.29, 1.82) is 0 Å². The molecule has 30 heavy (non-hydrogen) atoms. The van der Waals surface area contributed by atoms with Gasteiger partial charge in [-0.15, -0.1) is 0 Å². The SMILES string of the molecule is COCCNc1nc(SC)nc2c1cnn2CCNC(=O)c1cccc([N+](=O)[O-])c1. The quantitative estimate of drug-likeness (QED) is 0.162. The number of hydrogen-bond donors (Lipinski definition) is 2. The first-order valence-electron chi connectivity index (χ1n) is 9.06. The van der Waals surface area contributed by atoms with Gasteiger partial charge in [-0.2, -0.15) is 5.10 Å². The second-order valence-corrected chi connectivity index (χ2v) is 6.92. The first-order valence-corrected chi connectivity index (χ1v) is 10.3. The minimum absolute atomic E-state index is 0.129. The average molecular weight is 431 g/mol. The fourth-order valence-electron chi connectivity index (χ4n) is 2.73. The molecule has 0 radical (unpaired) electrons. The molecule has 3 rings (SSSR count). The van der Waals surface area contributed by atoms with Gasteiger partial charge in [0, 0.05) is 37.9 Å². The number of nitrogens with one attached hydrogen (secondary N) is 2. The van der Waals surface area contributed by atoms with Gasteiger partial charge in [0.2, 0.25) is 0 Å². The van der Waals surface area contributed by atoms with E-state index in [-0.39, 0.29) is 17.8 Å². The molecular formula is C18H21N7O4S. The van der Waals surface area contributed by atoms with Crippen LogP contribution in [0.2, 0.25) is 0 Å². The van der Waals surface area contributed by atoms with E-state index in [9.17, 15) is 14.9 Å². The molecule has 0 atom stereocenters. The van der Waals surface area contributed by atoms with E-state index in [0.29, 0.717) is 36.3 Å². The molecule has 0 saturated heterocycles. The van der Waals surface area contributed by atoms with Crippen molar-refractivity contribution in [3.05, 3.63) is 46.1 Å². The maximum atomic E-state index is 12.3. The van der Waals surface area contributed by atoms with E-state index >= 15 is 0 Å². The zero-order valence-electron chi connectivity index (χ0n) is 16.5. The molecule has 0 fully saturated rings. The van der Waals surface area contributed by atoms with Crippen molar-refractivity contribution in [1.82, 2.24) is 25.1 Å². The van der Waals surface area contributed by atoms with Gasteiger partial charge in [0.25, 0.3) is 11.6 Å². The molecule has 0 aliphatic heterocycles. The Balaban J connectivity index is 1.70. The molecule has 0 bridgehead atoms. The van der Waals surface area contributed by atoms with Crippen LogP contribution in [-0.4, -0.2) is 63.6 Å². The summed E-state index contributed by atoms with van der Waals surface area (Å²) in [6.07, 6.45) is 3.57. The maximum Gasteiger partial charge on any atom is 0.270 e. The van der Waals surface area contributed by atoms with Crippen LogP contribution < -0.4 is 10.6 Å². The number of nitro benzene ring substituents is 1. The van der Waals surface area contributed by atoms with Crippen molar-refractivity contribution in [3.63, 3.8) is 0 Å². The lowest BCUT2D eigenvalue weighted by atomic mass is 10.2. The Morgan fingerprint density at radius 2 is 2.17 bits per heavy atom. The third-order valence-electron chi connectivity index (χ3n) is 4.19. The number of ether oxygens (including phenoxy) is 1. The third-order valence-corrected chi connectivity index (χ3v) is 4.73. The first-order chi connectivity index (χ1) is 14.5. The Hall–Kier alpha value is -3.25. The molecule has 2 heterocycles. The number of thioether (sulfide) groups is 1. The van der Waals surface area contributed by atoms with Gasteiger partial charge in [-0.3, -0.25) is 14.9 Å². The summed E-state index contributed by atoms with van der Waals surface area (Å²) >= 11 is 1.42. The Morgan fingerprint density at radius 3 is 2.90 bits per heavy atom. The predicted molar refractivity (Wildman–Crippen MR) is 113 cm³/mol. The highest BCUT2D eigenvalue weighted by Crippen LogP contribution is 2.23. The zero-order chi connectivity index (χ0) is 21.5. The van der Waals surface area contributed by atoms with E-state index < -0.39 is 10.8 Å². The smallest absolute Gasteiger partial charge is 0.270 e. The van der Waals surface area contributed by atoms with E-state index in [2.05, 4.69) is 25.7 Å². The van der Waals surface area contributed by atoms with Crippen LogP contribution in [0.5, 0.6) is 0 Å². The largest absolute Gasteiger partial charge is 0.383 e. The van der Waals surface area contributed by atoms with E-state index in [1.165, 1.54) is 36.0 Å². The summed E-state index contributed by atoms with van der Waals surface area (Å²) in [4.78, 5) is 31.6. The van der Waals surface area contributed by atoms with Crippen LogP contribution in [-0.2, 0) is 11.3 Å². The lowest BCUT2D eigenvalue weighted by Crippen LogP contribution is -2.27. The number of rotatable bonds is 10.